The Morgan fingerprint density at radius 1 is 1.17 bits per heavy atom. The number of benzene rings is 1. The van der Waals surface area contributed by atoms with E-state index in [0.29, 0.717) is 17.3 Å². The summed E-state index contributed by atoms with van der Waals surface area (Å²) < 4.78 is 10.4. The van der Waals surface area contributed by atoms with E-state index in [0.717, 1.165) is 11.3 Å². The molecule has 7 heteroatoms. The van der Waals surface area contributed by atoms with Crippen molar-refractivity contribution in [2.75, 3.05) is 7.11 Å². The molecule has 0 spiro atoms. The largest absolute Gasteiger partial charge is 0.497 e. The standard InChI is InChI=1S/C17H16N4O3/c1-11(19-16(22)13-7-9-18-10-8-13)17-20-15(21-24-17)12-3-5-14(23-2)6-4-12/h3-11H,1-2H3,(H,19,22). The molecular formula is C17H16N4O3. The van der Waals surface area contributed by atoms with Crippen molar-refractivity contribution < 1.29 is 14.1 Å². The molecule has 0 bridgehead atoms. The second-order valence-electron chi connectivity index (χ2n) is 5.12. The van der Waals surface area contributed by atoms with Crippen LogP contribution >= 0.6 is 0 Å². The van der Waals surface area contributed by atoms with E-state index < -0.39 is 6.04 Å². The van der Waals surface area contributed by atoms with Gasteiger partial charge in [0, 0.05) is 23.5 Å². The van der Waals surface area contributed by atoms with Gasteiger partial charge in [-0.05, 0) is 43.3 Å². The second kappa shape index (κ2) is 6.91. The number of carbonyl (C=O) groups is 1. The number of hydrogen-bond acceptors (Lipinski definition) is 6. The van der Waals surface area contributed by atoms with Gasteiger partial charge in [0.1, 0.15) is 11.8 Å². The first-order chi connectivity index (χ1) is 11.7. The lowest BCUT2D eigenvalue weighted by Gasteiger charge is -2.09. The number of amides is 1. The summed E-state index contributed by atoms with van der Waals surface area (Å²) in [6.07, 6.45) is 3.13. The van der Waals surface area contributed by atoms with Crippen LogP contribution in [0.3, 0.4) is 0 Å². The fourth-order valence-corrected chi connectivity index (χ4v) is 2.11. The number of hydrogen-bond donors (Lipinski definition) is 1. The van der Waals surface area contributed by atoms with Crippen molar-refractivity contribution in [1.29, 1.82) is 0 Å². The molecule has 122 valence electrons. The summed E-state index contributed by atoms with van der Waals surface area (Å²) >= 11 is 0. The smallest absolute Gasteiger partial charge is 0.252 e. The highest BCUT2D eigenvalue weighted by molar-refractivity contribution is 5.94. The van der Waals surface area contributed by atoms with Gasteiger partial charge < -0.3 is 14.6 Å². The predicted molar refractivity (Wildman–Crippen MR) is 86.4 cm³/mol. The minimum absolute atomic E-state index is 0.228. The molecule has 1 unspecified atom stereocenters. The maximum atomic E-state index is 12.1. The van der Waals surface area contributed by atoms with Gasteiger partial charge >= 0.3 is 0 Å². The van der Waals surface area contributed by atoms with Gasteiger partial charge in [-0.15, -0.1) is 0 Å². The number of ether oxygens (including phenoxy) is 1. The SMILES string of the molecule is COc1ccc(-c2noc(C(C)NC(=O)c3ccncc3)n2)cc1. The fraction of sp³-hybridized carbons (Fsp3) is 0.176. The number of methoxy groups -OCH3 is 1. The zero-order valence-electron chi connectivity index (χ0n) is 13.3. The number of pyridine rings is 1. The molecule has 2 heterocycles. The summed E-state index contributed by atoms with van der Waals surface area (Å²) in [7, 11) is 1.61. The van der Waals surface area contributed by atoms with Crippen LogP contribution in [-0.4, -0.2) is 28.1 Å². The third-order valence-electron chi connectivity index (χ3n) is 3.45. The fourth-order valence-electron chi connectivity index (χ4n) is 2.11. The quantitative estimate of drug-likeness (QED) is 0.776. The lowest BCUT2D eigenvalue weighted by Crippen LogP contribution is -2.26. The molecule has 0 saturated heterocycles. The predicted octanol–water partition coefficient (Wildman–Crippen LogP) is 2.63. The Morgan fingerprint density at radius 2 is 1.88 bits per heavy atom. The van der Waals surface area contributed by atoms with Gasteiger partial charge in [0.15, 0.2) is 0 Å². The Balaban J connectivity index is 1.71. The number of nitrogens with one attached hydrogen (secondary N) is 1. The Labute approximate surface area is 138 Å². The topological polar surface area (TPSA) is 90.1 Å². The van der Waals surface area contributed by atoms with Crippen LogP contribution in [0.4, 0.5) is 0 Å². The third kappa shape index (κ3) is 3.40. The summed E-state index contributed by atoms with van der Waals surface area (Å²) in [4.78, 5) is 20.4. The molecule has 1 atom stereocenters. The van der Waals surface area contributed by atoms with Crippen LogP contribution in [0, 0.1) is 0 Å². The van der Waals surface area contributed by atoms with E-state index in [1.54, 1.807) is 38.6 Å². The average molecular weight is 324 g/mol. The Hall–Kier alpha value is -3.22. The zero-order chi connectivity index (χ0) is 16.9. The highest BCUT2D eigenvalue weighted by atomic mass is 16.5. The van der Waals surface area contributed by atoms with Crippen LogP contribution in [0.1, 0.15) is 29.2 Å². The molecule has 1 amide bonds. The molecule has 0 radical (unpaired) electrons. The van der Waals surface area contributed by atoms with Crippen molar-refractivity contribution in [3.63, 3.8) is 0 Å². The van der Waals surface area contributed by atoms with Gasteiger partial charge in [-0.25, -0.2) is 0 Å². The van der Waals surface area contributed by atoms with Crippen molar-refractivity contribution in [1.82, 2.24) is 20.4 Å². The Bertz CT molecular complexity index is 815. The van der Waals surface area contributed by atoms with E-state index in [1.807, 2.05) is 24.3 Å². The van der Waals surface area contributed by atoms with Gasteiger partial charge in [-0.2, -0.15) is 4.98 Å². The number of rotatable bonds is 5. The van der Waals surface area contributed by atoms with Crippen molar-refractivity contribution in [3.8, 4) is 17.1 Å². The highest BCUT2D eigenvalue weighted by Gasteiger charge is 2.18. The minimum Gasteiger partial charge on any atom is -0.497 e. The minimum atomic E-state index is -0.412. The highest BCUT2D eigenvalue weighted by Crippen LogP contribution is 2.21. The summed E-state index contributed by atoms with van der Waals surface area (Å²) in [5.74, 6) is 1.32. The first kappa shape index (κ1) is 15.7. The molecular weight excluding hydrogens is 308 g/mol. The maximum absolute atomic E-state index is 12.1. The van der Waals surface area contributed by atoms with Gasteiger partial charge in [0.2, 0.25) is 11.7 Å². The number of nitrogens with zero attached hydrogens (tertiary/aromatic N) is 3. The maximum Gasteiger partial charge on any atom is 0.252 e. The van der Waals surface area contributed by atoms with Crippen molar-refractivity contribution >= 4 is 5.91 Å². The van der Waals surface area contributed by atoms with Gasteiger partial charge in [0.05, 0.1) is 7.11 Å². The molecule has 0 fully saturated rings. The Morgan fingerprint density at radius 3 is 2.54 bits per heavy atom. The summed E-state index contributed by atoms with van der Waals surface area (Å²) in [6.45, 7) is 1.78. The number of aromatic nitrogens is 3. The number of carbonyl (C=O) groups excluding carboxylic acids is 1. The molecule has 1 aromatic carbocycles. The van der Waals surface area contributed by atoms with E-state index in [9.17, 15) is 4.79 Å². The first-order valence-electron chi connectivity index (χ1n) is 7.36. The molecule has 0 aliphatic carbocycles. The molecule has 24 heavy (non-hydrogen) atoms. The van der Waals surface area contributed by atoms with Crippen LogP contribution in [0.5, 0.6) is 5.75 Å². The molecule has 3 aromatic rings. The molecule has 0 aliphatic rings. The average Bonchev–Trinajstić information content (AvgIpc) is 3.13. The summed E-state index contributed by atoms with van der Waals surface area (Å²) in [6, 6.07) is 10.2. The van der Waals surface area contributed by atoms with E-state index in [1.165, 1.54) is 0 Å². The van der Waals surface area contributed by atoms with Gasteiger partial charge in [-0.3, -0.25) is 9.78 Å². The van der Waals surface area contributed by atoms with Gasteiger partial charge in [-0.1, -0.05) is 5.16 Å². The van der Waals surface area contributed by atoms with Crippen LogP contribution in [-0.2, 0) is 0 Å². The van der Waals surface area contributed by atoms with E-state index in [4.69, 9.17) is 9.26 Å². The molecule has 1 N–H and O–H groups in total. The Kier molecular flexibility index (Phi) is 4.51. The van der Waals surface area contributed by atoms with Crippen molar-refractivity contribution in [3.05, 3.63) is 60.2 Å². The van der Waals surface area contributed by atoms with Gasteiger partial charge in [0.25, 0.3) is 5.91 Å². The lowest BCUT2D eigenvalue weighted by atomic mass is 10.2. The van der Waals surface area contributed by atoms with Crippen LogP contribution in [0.25, 0.3) is 11.4 Å². The van der Waals surface area contributed by atoms with Crippen molar-refractivity contribution in [2.24, 2.45) is 0 Å². The first-order valence-corrected chi connectivity index (χ1v) is 7.36. The van der Waals surface area contributed by atoms with Crippen LogP contribution < -0.4 is 10.1 Å². The molecule has 7 nitrogen and oxygen atoms in total. The van der Waals surface area contributed by atoms with E-state index in [2.05, 4.69) is 20.4 Å². The second-order valence-corrected chi connectivity index (χ2v) is 5.12. The van der Waals surface area contributed by atoms with Crippen LogP contribution in [0.2, 0.25) is 0 Å². The monoisotopic (exact) mass is 324 g/mol. The molecule has 0 saturated carbocycles. The van der Waals surface area contributed by atoms with Crippen molar-refractivity contribution in [2.45, 2.75) is 13.0 Å². The normalized spacial score (nSPS) is 11.8. The molecule has 2 aromatic heterocycles. The third-order valence-corrected chi connectivity index (χ3v) is 3.45. The van der Waals surface area contributed by atoms with Crippen LogP contribution in [0.15, 0.2) is 53.3 Å². The molecule has 0 aliphatic heterocycles. The summed E-state index contributed by atoms with van der Waals surface area (Å²) in [5, 5.41) is 6.77. The zero-order valence-corrected chi connectivity index (χ0v) is 13.3. The van der Waals surface area contributed by atoms with E-state index >= 15 is 0 Å². The summed E-state index contributed by atoms with van der Waals surface area (Å²) in [5.41, 5.74) is 1.32. The molecule has 3 rings (SSSR count). The lowest BCUT2D eigenvalue weighted by molar-refractivity contribution is 0.0932. The van der Waals surface area contributed by atoms with E-state index in [-0.39, 0.29) is 5.91 Å².